The third-order valence-corrected chi connectivity index (χ3v) is 6.05. The summed E-state index contributed by atoms with van der Waals surface area (Å²) in [4.78, 5) is 30.4. The summed E-state index contributed by atoms with van der Waals surface area (Å²) in [5.74, 6) is 1.31. The molecule has 0 spiro atoms. The Bertz CT molecular complexity index is 741. The molecule has 0 bridgehead atoms. The highest BCUT2D eigenvalue weighted by molar-refractivity contribution is 5.96. The van der Waals surface area contributed by atoms with E-state index in [9.17, 15) is 9.59 Å². The van der Waals surface area contributed by atoms with Gasteiger partial charge in [-0.15, -0.1) is 0 Å². The van der Waals surface area contributed by atoms with Gasteiger partial charge in [0, 0.05) is 12.6 Å². The minimum atomic E-state index is -0.601. The highest BCUT2D eigenvalue weighted by atomic mass is 16.5. The van der Waals surface area contributed by atoms with Crippen LogP contribution in [0.2, 0.25) is 0 Å². The van der Waals surface area contributed by atoms with Gasteiger partial charge < -0.3 is 19.3 Å². The van der Waals surface area contributed by atoms with E-state index in [-0.39, 0.29) is 30.5 Å². The van der Waals surface area contributed by atoms with Crippen molar-refractivity contribution in [1.82, 2.24) is 9.80 Å². The zero-order chi connectivity index (χ0) is 21.7. The summed E-state index contributed by atoms with van der Waals surface area (Å²) in [6.45, 7) is 6.73. The van der Waals surface area contributed by atoms with E-state index in [1.54, 1.807) is 12.0 Å². The van der Waals surface area contributed by atoms with Crippen LogP contribution in [0.25, 0.3) is 0 Å². The lowest BCUT2D eigenvalue weighted by molar-refractivity contribution is -0.159. The van der Waals surface area contributed by atoms with Crippen molar-refractivity contribution in [2.45, 2.75) is 83.9 Å². The molecule has 1 saturated carbocycles. The lowest BCUT2D eigenvalue weighted by Crippen LogP contribution is -2.58. The van der Waals surface area contributed by atoms with E-state index in [4.69, 9.17) is 9.47 Å². The molecule has 0 unspecified atom stereocenters. The molecular weight excluding hydrogens is 380 g/mol. The summed E-state index contributed by atoms with van der Waals surface area (Å²) in [5, 5.41) is 0. The van der Waals surface area contributed by atoms with Gasteiger partial charge in [0.2, 0.25) is 5.91 Å². The molecule has 1 aliphatic carbocycles. The number of hydrogen-bond donors (Lipinski definition) is 0. The minimum absolute atomic E-state index is 0.0185. The minimum Gasteiger partial charge on any atom is -0.493 e. The number of hydrogen-bond acceptors (Lipinski definition) is 4. The van der Waals surface area contributed by atoms with Gasteiger partial charge in [0.1, 0.15) is 12.6 Å². The zero-order valence-corrected chi connectivity index (χ0v) is 18.9. The van der Waals surface area contributed by atoms with Crippen molar-refractivity contribution in [2.24, 2.45) is 0 Å². The maximum Gasteiger partial charge on any atom is 0.250 e. The number of carbonyl (C=O) groups excluding carboxylic acids is 2. The van der Waals surface area contributed by atoms with E-state index in [1.807, 2.05) is 43.9 Å². The van der Waals surface area contributed by atoms with Gasteiger partial charge >= 0.3 is 0 Å². The molecule has 166 valence electrons. The fourth-order valence-electron chi connectivity index (χ4n) is 4.65. The van der Waals surface area contributed by atoms with Crippen molar-refractivity contribution >= 4 is 11.8 Å². The molecule has 3 rings (SSSR count). The van der Waals surface area contributed by atoms with Crippen LogP contribution in [0.4, 0.5) is 0 Å². The summed E-state index contributed by atoms with van der Waals surface area (Å²) in [6, 6.07) is 5.17. The van der Waals surface area contributed by atoms with Crippen molar-refractivity contribution in [3.63, 3.8) is 0 Å². The Hall–Kier alpha value is -2.24. The van der Waals surface area contributed by atoms with Crippen LogP contribution in [0, 0.1) is 0 Å². The predicted molar refractivity (Wildman–Crippen MR) is 117 cm³/mol. The number of methoxy groups -OCH3 is 1. The molecule has 30 heavy (non-hydrogen) atoms. The molecule has 0 aromatic heterocycles. The average molecular weight is 417 g/mol. The Kier molecular flexibility index (Phi) is 7.62. The van der Waals surface area contributed by atoms with Crippen LogP contribution >= 0.6 is 0 Å². The Morgan fingerprint density at radius 3 is 2.37 bits per heavy atom. The molecule has 0 N–H and O–H groups in total. The molecule has 6 nitrogen and oxygen atoms in total. The van der Waals surface area contributed by atoms with Crippen molar-refractivity contribution in [3.8, 4) is 11.5 Å². The second kappa shape index (κ2) is 10.2. The molecular formula is C24H36N2O4. The molecule has 1 aliphatic heterocycles. The van der Waals surface area contributed by atoms with E-state index in [0.29, 0.717) is 18.0 Å². The van der Waals surface area contributed by atoms with Gasteiger partial charge in [-0.1, -0.05) is 38.7 Å². The SMILES string of the molecule is CCCN1C(=O)CN(C2CCCCCC2)C(=O)[C@@H]1c1ccc(OC(C)C)c(OC)c1. The van der Waals surface area contributed by atoms with Crippen molar-refractivity contribution in [1.29, 1.82) is 0 Å². The molecule has 2 fully saturated rings. The second-order valence-electron chi connectivity index (χ2n) is 8.68. The van der Waals surface area contributed by atoms with E-state index in [2.05, 4.69) is 0 Å². The van der Waals surface area contributed by atoms with Gasteiger partial charge in [-0.25, -0.2) is 0 Å². The van der Waals surface area contributed by atoms with Crippen LogP contribution in [0.5, 0.6) is 11.5 Å². The van der Waals surface area contributed by atoms with Gasteiger partial charge in [0.05, 0.1) is 13.2 Å². The number of rotatable bonds is 7. The fraction of sp³-hybridized carbons (Fsp3) is 0.667. The first-order valence-electron chi connectivity index (χ1n) is 11.4. The standard InChI is InChI=1S/C24H36N2O4/c1-5-14-25-22(27)16-26(19-10-8-6-7-9-11-19)24(28)23(25)18-12-13-20(30-17(2)3)21(15-18)29-4/h12-13,15,17,19,23H,5-11,14,16H2,1-4H3/t23-/m0/s1. The first kappa shape index (κ1) is 22.4. The number of ether oxygens (including phenoxy) is 2. The summed E-state index contributed by atoms with van der Waals surface area (Å²) in [6.07, 6.45) is 7.49. The first-order chi connectivity index (χ1) is 14.5. The molecule has 6 heteroatoms. The quantitative estimate of drug-likeness (QED) is 0.621. The highest BCUT2D eigenvalue weighted by Crippen LogP contribution is 2.36. The fourth-order valence-corrected chi connectivity index (χ4v) is 4.65. The van der Waals surface area contributed by atoms with E-state index < -0.39 is 6.04 Å². The molecule has 1 aromatic carbocycles. The average Bonchev–Trinajstić information content (AvgIpc) is 3.00. The largest absolute Gasteiger partial charge is 0.493 e. The van der Waals surface area contributed by atoms with Gasteiger partial charge in [-0.05, 0) is 50.8 Å². The Balaban J connectivity index is 1.95. The molecule has 2 amide bonds. The van der Waals surface area contributed by atoms with Crippen LogP contribution in [0.3, 0.4) is 0 Å². The smallest absolute Gasteiger partial charge is 0.250 e. The summed E-state index contributed by atoms with van der Waals surface area (Å²) in [7, 11) is 1.60. The Morgan fingerprint density at radius 2 is 1.77 bits per heavy atom. The third kappa shape index (κ3) is 4.90. The molecule has 1 atom stereocenters. The summed E-state index contributed by atoms with van der Waals surface area (Å²) >= 11 is 0. The van der Waals surface area contributed by atoms with Crippen molar-refractivity contribution in [3.05, 3.63) is 23.8 Å². The third-order valence-electron chi connectivity index (χ3n) is 6.05. The Morgan fingerprint density at radius 1 is 1.07 bits per heavy atom. The van der Waals surface area contributed by atoms with Crippen LogP contribution < -0.4 is 9.47 Å². The number of nitrogens with zero attached hydrogens (tertiary/aromatic N) is 2. The maximum atomic E-state index is 13.7. The summed E-state index contributed by atoms with van der Waals surface area (Å²) in [5.41, 5.74) is 0.785. The van der Waals surface area contributed by atoms with Crippen LogP contribution in [-0.2, 0) is 9.59 Å². The Labute approximate surface area is 180 Å². The topological polar surface area (TPSA) is 59.1 Å². The summed E-state index contributed by atoms with van der Waals surface area (Å²) < 4.78 is 11.4. The molecule has 0 radical (unpaired) electrons. The van der Waals surface area contributed by atoms with Crippen molar-refractivity contribution < 1.29 is 19.1 Å². The van der Waals surface area contributed by atoms with Gasteiger partial charge in [-0.2, -0.15) is 0 Å². The van der Waals surface area contributed by atoms with Crippen LogP contribution in [0.15, 0.2) is 18.2 Å². The monoisotopic (exact) mass is 416 g/mol. The van der Waals surface area contributed by atoms with Crippen LogP contribution in [0.1, 0.15) is 77.3 Å². The lowest BCUT2D eigenvalue weighted by atomic mass is 9.97. The normalized spacial score (nSPS) is 21.2. The maximum absolute atomic E-state index is 13.7. The second-order valence-corrected chi connectivity index (χ2v) is 8.68. The molecule has 1 aromatic rings. The number of benzene rings is 1. The number of carbonyl (C=O) groups is 2. The molecule has 1 heterocycles. The van der Waals surface area contributed by atoms with E-state index in [1.165, 1.54) is 12.8 Å². The highest BCUT2D eigenvalue weighted by Gasteiger charge is 2.42. The van der Waals surface area contributed by atoms with Crippen LogP contribution in [-0.4, -0.2) is 54.0 Å². The van der Waals surface area contributed by atoms with Gasteiger partial charge in [0.25, 0.3) is 5.91 Å². The number of amides is 2. The van der Waals surface area contributed by atoms with Gasteiger partial charge in [0.15, 0.2) is 11.5 Å². The predicted octanol–water partition coefficient (Wildman–Crippen LogP) is 4.33. The zero-order valence-electron chi connectivity index (χ0n) is 18.9. The first-order valence-corrected chi connectivity index (χ1v) is 11.4. The lowest BCUT2D eigenvalue weighted by Gasteiger charge is -2.43. The van der Waals surface area contributed by atoms with Crippen molar-refractivity contribution in [2.75, 3.05) is 20.2 Å². The molecule has 2 aliphatic rings. The number of piperazine rings is 1. The van der Waals surface area contributed by atoms with E-state index in [0.717, 1.165) is 37.7 Å². The molecule has 1 saturated heterocycles. The van der Waals surface area contributed by atoms with E-state index >= 15 is 0 Å². The van der Waals surface area contributed by atoms with Gasteiger partial charge in [-0.3, -0.25) is 9.59 Å².